The molecule has 0 bridgehead atoms. The van der Waals surface area contributed by atoms with Crippen molar-refractivity contribution < 1.29 is 5.11 Å². The van der Waals surface area contributed by atoms with Crippen molar-refractivity contribution in [3.05, 3.63) is 34.4 Å². The van der Waals surface area contributed by atoms with Gasteiger partial charge in [-0.2, -0.15) is 0 Å². The van der Waals surface area contributed by atoms with Crippen molar-refractivity contribution in [2.45, 2.75) is 6.92 Å². The molecule has 1 N–H and O–H groups in total. The van der Waals surface area contributed by atoms with Crippen LogP contribution in [0.25, 0.3) is 10.9 Å². The Labute approximate surface area is 84.4 Å². The fourth-order valence-electron chi connectivity index (χ4n) is 1.23. The molecule has 1 aromatic carbocycles. The monoisotopic (exact) mass is 237 g/mol. The Bertz CT molecular complexity index is 468. The van der Waals surface area contributed by atoms with Crippen LogP contribution in [0, 0.1) is 6.92 Å². The summed E-state index contributed by atoms with van der Waals surface area (Å²) in [5, 5.41) is 10.4. The zero-order valence-corrected chi connectivity index (χ0v) is 8.67. The van der Waals surface area contributed by atoms with E-state index in [1.54, 1.807) is 13.0 Å². The first-order chi connectivity index (χ1) is 6.16. The highest BCUT2D eigenvalue weighted by Crippen LogP contribution is 2.23. The molecule has 0 atom stereocenters. The maximum absolute atomic E-state index is 9.43. The summed E-state index contributed by atoms with van der Waals surface area (Å²) in [5.74, 6) is 0.241. The van der Waals surface area contributed by atoms with Gasteiger partial charge in [0.25, 0.3) is 0 Å². The second-order valence-corrected chi connectivity index (χ2v) is 3.85. The Hall–Kier alpha value is -1.09. The maximum atomic E-state index is 9.43. The lowest BCUT2D eigenvalue weighted by Crippen LogP contribution is -1.84. The van der Waals surface area contributed by atoms with Crippen molar-refractivity contribution in [2.24, 2.45) is 0 Å². The van der Waals surface area contributed by atoms with Crippen LogP contribution in [0.1, 0.15) is 5.69 Å². The molecular formula is C10H8BrNO. The number of hydrogen-bond donors (Lipinski definition) is 1. The predicted octanol–water partition coefficient (Wildman–Crippen LogP) is 3.01. The standard InChI is InChI=1S/C10H8BrNO/c1-6-10(13)5-7-4-8(11)2-3-9(7)12-6/h2-5,13H,1H3. The van der Waals surface area contributed by atoms with Gasteiger partial charge in [-0.1, -0.05) is 15.9 Å². The van der Waals surface area contributed by atoms with Crippen molar-refractivity contribution in [1.82, 2.24) is 4.98 Å². The molecule has 3 heteroatoms. The Morgan fingerprint density at radius 3 is 2.85 bits per heavy atom. The lowest BCUT2D eigenvalue weighted by molar-refractivity contribution is 0.469. The first-order valence-corrected chi connectivity index (χ1v) is 4.72. The summed E-state index contributed by atoms with van der Waals surface area (Å²) in [6.07, 6.45) is 0. The van der Waals surface area contributed by atoms with Crippen molar-refractivity contribution in [3.8, 4) is 5.75 Å². The number of fused-ring (bicyclic) bond motifs is 1. The van der Waals surface area contributed by atoms with Crippen molar-refractivity contribution in [1.29, 1.82) is 0 Å². The lowest BCUT2D eigenvalue weighted by atomic mass is 10.2. The van der Waals surface area contributed by atoms with Crippen LogP contribution >= 0.6 is 15.9 Å². The second-order valence-electron chi connectivity index (χ2n) is 2.93. The van der Waals surface area contributed by atoms with Crippen LogP contribution in [0.5, 0.6) is 5.75 Å². The van der Waals surface area contributed by atoms with Crippen LogP contribution in [-0.4, -0.2) is 10.1 Å². The van der Waals surface area contributed by atoms with E-state index in [-0.39, 0.29) is 5.75 Å². The first-order valence-electron chi connectivity index (χ1n) is 3.93. The van der Waals surface area contributed by atoms with Crippen molar-refractivity contribution in [3.63, 3.8) is 0 Å². The maximum Gasteiger partial charge on any atom is 0.137 e. The minimum atomic E-state index is 0.241. The number of benzene rings is 1. The van der Waals surface area contributed by atoms with Crippen molar-refractivity contribution >= 4 is 26.8 Å². The molecule has 0 aliphatic carbocycles. The number of hydrogen-bond acceptors (Lipinski definition) is 2. The van der Waals surface area contributed by atoms with Gasteiger partial charge in [-0.3, -0.25) is 0 Å². The van der Waals surface area contributed by atoms with Gasteiger partial charge < -0.3 is 5.11 Å². The van der Waals surface area contributed by atoms with E-state index in [1.165, 1.54) is 0 Å². The average molecular weight is 238 g/mol. The number of pyridine rings is 1. The summed E-state index contributed by atoms with van der Waals surface area (Å²) in [6.45, 7) is 1.79. The van der Waals surface area contributed by atoms with E-state index in [0.717, 1.165) is 15.4 Å². The Kier molecular flexibility index (Phi) is 1.96. The largest absolute Gasteiger partial charge is 0.506 e. The van der Waals surface area contributed by atoms with Crippen LogP contribution in [0.2, 0.25) is 0 Å². The SMILES string of the molecule is Cc1nc2ccc(Br)cc2cc1O. The van der Waals surface area contributed by atoms with E-state index in [1.807, 2.05) is 18.2 Å². The molecule has 1 heterocycles. The Morgan fingerprint density at radius 2 is 2.08 bits per heavy atom. The third-order valence-corrected chi connectivity index (χ3v) is 2.43. The fourth-order valence-corrected chi connectivity index (χ4v) is 1.61. The number of aromatic hydroxyl groups is 1. The smallest absolute Gasteiger partial charge is 0.137 e. The molecular weight excluding hydrogens is 230 g/mol. The summed E-state index contributed by atoms with van der Waals surface area (Å²) in [5.41, 5.74) is 1.56. The molecule has 0 unspecified atom stereocenters. The summed E-state index contributed by atoms with van der Waals surface area (Å²) in [6, 6.07) is 7.52. The molecule has 0 radical (unpaired) electrons. The molecule has 1 aromatic heterocycles. The molecule has 0 amide bonds. The molecule has 2 rings (SSSR count). The molecule has 0 spiro atoms. The zero-order chi connectivity index (χ0) is 9.42. The number of aromatic nitrogens is 1. The van der Waals surface area contributed by atoms with E-state index in [9.17, 15) is 5.11 Å². The Balaban J connectivity index is 2.81. The normalized spacial score (nSPS) is 10.6. The molecule has 0 fully saturated rings. The van der Waals surface area contributed by atoms with Crippen LogP contribution in [0.15, 0.2) is 28.7 Å². The van der Waals surface area contributed by atoms with Gasteiger partial charge in [0.05, 0.1) is 11.2 Å². The van der Waals surface area contributed by atoms with Crippen LogP contribution in [-0.2, 0) is 0 Å². The second kappa shape index (κ2) is 3.00. The third-order valence-electron chi connectivity index (χ3n) is 1.94. The number of rotatable bonds is 0. The molecule has 2 nitrogen and oxygen atoms in total. The van der Waals surface area contributed by atoms with Gasteiger partial charge in [-0.15, -0.1) is 0 Å². The minimum absolute atomic E-state index is 0.241. The molecule has 0 aliphatic rings. The highest BCUT2D eigenvalue weighted by molar-refractivity contribution is 9.10. The van der Waals surface area contributed by atoms with Crippen molar-refractivity contribution in [2.75, 3.05) is 0 Å². The summed E-state index contributed by atoms with van der Waals surface area (Å²) in [7, 11) is 0. The van der Waals surface area contributed by atoms with Gasteiger partial charge in [0.2, 0.25) is 0 Å². The molecule has 0 saturated carbocycles. The molecule has 0 aliphatic heterocycles. The average Bonchev–Trinajstić information content (AvgIpc) is 2.08. The van der Waals surface area contributed by atoms with Crippen LogP contribution in [0.3, 0.4) is 0 Å². The van der Waals surface area contributed by atoms with Crippen LogP contribution in [0.4, 0.5) is 0 Å². The number of halogens is 1. The molecule has 66 valence electrons. The fraction of sp³-hybridized carbons (Fsp3) is 0.100. The first kappa shape index (κ1) is 8.51. The summed E-state index contributed by atoms with van der Waals surface area (Å²) in [4.78, 5) is 4.25. The van der Waals surface area contributed by atoms with Gasteiger partial charge in [0.15, 0.2) is 0 Å². The highest BCUT2D eigenvalue weighted by Gasteiger charge is 2.01. The van der Waals surface area contributed by atoms with E-state index >= 15 is 0 Å². The van der Waals surface area contributed by atoms with E-state index < -0.39 is 0 Å². The molecule has 2 aromatic rings. The summed E-state index contributed by atoms with van der Waals surface area (Å²) < 4.78 is 0.991. The van der Waals surface area contributed by atoms with E-state index in [0.29, 0.717) is 5.69 Å². The zero-order valence-electron chi connectivity index (χ0n) is 7.08. The van der Waals surface area contributed by atoms with Gasteiger partial charge in [-0.25, -0.2) is 4.98 Å². The third kappa shape index (κ3) is 1.52. The van der Waals surface area contributed by atoms with E-state index in [2.05, 4.69) is 20.9 Å². The Morgan fingerprint density at radius 1 is 1.31 bits per heavy atom. The topological polar surface area (TPSA) is 33.1 Å². The number of aryl methyl sites for hydroxylation is 1. The van der Waals surface area contributed by atoms with Gasteiger partial charge in [0.1, 0.15) is 5.75 Å². The van der Waals surface area contributed by atoms with Gasteiger partial charge in [0, 0.05) is 9.86 Å². The molecule has 13 heavy (non-hydrogen) atoms. The highest BCUT2D eigenvalue weighted by atomic mass is 79.9. The van der Waals surface area contributed by atoms with E-state index in [4.69, 9.17) is 0 Å². The predicted molar refractivity (Wildman–Crippen MR) is 55.8 cm³/mol. The number of nitrogens with zero attached hydrogens (tertiary/aromatic N) is 1. The van der Waals surface area contributed by atoms with Gasteiger partial charge in [-0.05, 0) is 31.2 Å². The van der Waals surface area contributed by atoms with Gasteiger partial charge >= 0.3 is 0 Å². The molecule has 0 saturated heterocycles. The lowest BCUT2D eigenvalue weighted by Gasteiger charge is -2.01. The summed E-state index contributed by atoms with van der Waals surface area (Å²) >= 11 is 3.37. The minimum Gasteiger partial charge on any atom is -0.506 e. The van der Waals surface area contributed by atoms with Crippen LogP contribution < -0.4 is 0 Å². The quantitative estimate of drug-likeness (QED) is 0.765.